The maximum atomic E-state index is 11.1. The Labute approximate surface area is 80.1 Å². The number of rotatable bonds is 3. The highest BCUT2D eigenvalue weighted by Gasteiger charge is 2.09. The minimum Gasteiger partial charge on any atom is -0.446 e. The molecule has 0 aromatic carbocycles. The molecular weight excluding hydrogens is 186 g/mol. The number of nitrogens with zero attached hydrogens (tertiary/aromatic N) is 4. The molecule has 0 saturated heterocycles. The van der Waals surface area contributed by atoms with Gasteiger partial charge in [0.25, 0.3) is 0 Å². The molecule has 0 spiro atoms. The van der Waals surface area contributed by atoms with Crippen LogP contribution in [0.3, 0.4) is 0 Å². The van der Waals surface area contributed by atoms with Gasteiger partial charge in [-0.1, -0.05) is 0 Å². The average Bonchev–Trinajstić information content (AvgIpc) is 2.50. The van der Waals surface area contributed by atoms with Crippen molar-refractivity contribution in [3.63, 3.8) is 0 Å². The van der Waals surface area contributed by atoms with Crippen LogP contribution in [0.25, 0.3) is 0 Å². The minimum absolute atomic E-state index is 0.0890. The number of anilines is 1. The first kappa shape index (κ1) is 9.98. The SMILES string of the molecule is CC(C#N)OC(=O)Cn1cnc(N)n1. The van der Waals surface area contributed by atoms with Crippen LogP contribution in [0.2, 0.25) is 0 Å². The van der Waals surface area contributed by atoms with Crippen LogP contribution in [0.5, 0.6) is 0 Å². The number of hydrogen-bond acceptors (Lipinski definition) is 6. The van der Waals surface area contributed by atoms with E-state index < -0.39 is 12.1 Å². The fourth-order valence-corrected chi connectivity index (χ4v) is 0.778. The highest BCUT2D eigenvalue weighted by molar-refractivity contribution is 5.69. The summed E-state index contributed by atoms with van der Waals surface area (Å²) in [6.45, 7) is 1.38. The molecule has 14 heavy (non-hydrogen) atoms. The van der Waals surface area contributed by atoms with Crippen molar-refractivity contribution >= 4 is 11.9 Å². The van der Waals surface area contributed by atoms with Crippen LogP contribution in [-0.4, -0.2) is 26.8 Å². The zero-order valence-electron chi connectivity index (χ0n) is 7.54. The quantitative estimate of drug-likeness (QED) is 0.640. The summed E-state index contributed by atoms with van der Waals surface area (Å²) < 4.78 is 5.92. The van der Waals surface area contributed by atoms with Gasteiger partial charge in [-0.05, 0) is 6.92 Å². The Morgan fingerprint density at radius 3 is 3.14 bits per heavy atom. The Balaban J connectivity index is 2.46. The van der Waals surface area contributed by atoms with Crippen molar-refractivity contribution in [3.8, 4) is 6.07 Å². The summed E-state index contributed by atoms with van der Waals surface area (Å²) in [7, 11) is 0. The smallest absolute Gasteiger partial charge is 0.329 e. The van der Waals surface area contributed by atoms with Crippen LogP contribution < -0.4 is 5.73 Å². The molecule has 7 nitrogen and oxygen atoms in total. The Bertz CT molecular complexity index is 366. The Hall–Kier alpha value is -2.10. The monoisotopic (exact) mass is 195 g/mol. The molecule has 74 valence electrons. The lowest BCUT2D eigenvalue weighted by atomic mass is 10.4. The molecular formula is C7H9N5O2. The van der Waals surface area contributed by atoms with Crippen molar-refractivity contribution < 1.29 is 9.53 Å². The van der Waals surface area contributed by atoms with E-state index in [1.54, 1.807) is 6.07 Å². The Kier molecular flexibility index (Phi) is 3.01. The standard InChI is InChI=1S/C7H9N5O2/c1-5(2-8)14-6(13)3-12-4-10-7(9)11-12/h4-5H,3H2,1H3,(H2,9,11). The molecule has 0 bridgehead atoms. The number of nitriles is 1. The molecule has 1 heterocycles. The highest BCUT2D eigenvalue weighted by Crippen LogP contribution is 1.94. The normalized spacial score (nSPS) is 11.7. The van der Waals surface area contributed by atoms with Crippen molar-refractivity contribution in [1.82, 2.24) is 14.8 Å². The lowest BCUT2D eigenvalue weighted by Gasteiger charge is -2.04. The lowest BCUT2D eigenvalue weighted by Crippen LogP contribution is -2.18. The molecule has 0 aliphatic carbocycles. The van der Waals surface area contributed by atoms with Gasteiger partial charge in [0, 0.05) is 0 Å². The molecule has 0 fully saturated rings. The summed E-state index contributed by atoms with van der Waals surface area (Å²) in [5, 5.41) is 12.1. The van der Waals surface area contributed by atoms with Gasteiger partial charge in [-0.2, -0.15) is 5.26 Å². The van der Waals surface area contributed by atoms with E-state index in [2.05, 4.69) is 14.8 Å². The van der Waals surface area contributed by atoms with Gasteiger partial charge in [0.2, 0.25) is 5.95 Å². The first-order chi connectivity index (χ1) is 6.61. The third-order valence-electron chi connectivity index (χ3n) is 1.34. The fraction of sp³-hybridized carbons (Fsp3) is 0.429. The van der Waals surface area contributed by atoms with Gasteiger partial charge < -0.3 is 10.5 Å². The van der Waals surface area contributed by atoms with Crippen LogP contribution in [0.15, 0.2) is 6.33 Å². The predicted octanol–water partition coefficient (Wildman–Crippen LogP) is -0.684. The van der Waals surface area contributed by atoms with Crippen LogP contribution >= 0.6 is 0 Å². The van der Waals surface area contributed by atoms with E-state index in [1.807, 2.05) is 0 Å². The molecule has 0 radical (unpaired) electrons. The number of carbonyl (C=O) groups is 1. The third-order valence-corrected chi connectivity index (χ3v) is 1.34. The lowest BCUT2D eigenvalue weighted by molar-refractivity contribution is -0.146. The van der Waals surface area contributed by atoms with Gasteiger partial charge >= 0.3 is 5.97 Å². The first-order valence-corrected chi connectivity index (χ1v) is 3.86. The van der Waals surface area contributed by atoms with Gasteiger partial charge in [-0.15, -0.1) is 5.10 Å². The van der Waals surface area contributed by atoms with E-state index in [0.717, 1.165) is 0 Å². The molecule has 0 saturated carbocycles. The number of hydrogen-bond donors (Lipinski definition) is 1. The first-order valence-electron chi connectivity index (χ1n) is 3.86. The van der Waals surface area contributed by atoms with Crippen LogP contribution in [0.1, 0.15) is 6.92 Å². The van der Waals surface area contributed by atoms with E-state index in [9.17, 15) is 4.79 Å². The molecule has 0 aliphatic heterocycles. The average molecular weight is 195 g/mol. The van der Waals surface area contributed by atoms with Crippen LogP contribution in [-0.2, 0) is 16.1 Å². The number of nitrogen functional groups attached to an aromatic ring is 1. The second-order valence-electron chi connectivity index (χ2n) is 2.56. The van der Waals surface area contributed by atoms with E-state index in [4.69, 9.17) is 11.0 Å². The van der Waals surface area contributed by atoms with Gasteiger partial charge in [-0.25, -0.2) is 14.5 Å². The maximum Gasteiger partial charge on any atom is 0.329 e. The second-order valence-corrected chi connectivity index (χ2v) is 2.56. The fourth-order valence-electron chi connectivity index (χ4n) is 0.778. The molecule has 1 atom stereocenters. The molecule has 2 N–H and O–H groups in total. The van der Waals surface area contributed by atoms with Crippen LogP contribution in [0.4, 0.5) is 5.95 Å². The highest BCUT2D eigenvalue weighted by atomic mass is 16.5. The molecule has 0 aliphatic rings. The zero-order chi connectivity index (χ0) is 10.6. The summed E-state index contributed by atoms with van der Waals surface area (Å²) in [4.78, 5) is 14.7. The molecule has 1 rings (SSSR count). The summed E-state index contributed by atoms with van der Waals surface area (Å²) in [6, 6.07) is 1.77. The van der Waals surface area contributed by atoms with Crippen molar-refractivity contribution in [2.24, 2.45) is 0 Å². The van der Waals surface area contributed by atoms with Crippen molar-refractivity contribution in [2.45, 2.75) is 19.6 Å². The number of nitrogens with two attached hydrogens (primary N) is 1. The molecule has 1 aromatic heterocycles. The molecule has 7 heteroatoms. The molecule has 1 aromatic rings. The predicted molar refractivity (Wildman–Crippen MR) is 45.6 cm³/mol. The van der Waals surface area contributed by atoms with Crippen molar-refractivity contribution in [3.05, 3.63) is 6.33 Å². The second kappa shape index (κ2) is 4.23. The minimum atomic E-state index is -0.761. The van der Waals surface area contributed by atoms with Crippen molar-refractivity contribution in [2.75, 3.05) is 5.73 Å². The van der Waals surface area contributed by atoms with E-state index in [0.29, 0.717) is 0 Å². The largest absolute Gasteiger partial charge is 0.446 e. The Morgan fingerprint density at radius 2 is 2.64 bits per heavy atom. The number of esters is 1. The third kappa shape index (κ3) is 2.75. The number of carbonyl (C=O) groups excluding carboxylic acids is 1. The summed E-state index contributed by atoms with van der Waals surface area (Å²) in [6.07, 6.45) is 0.552. The summed E-state index contributed by atoms with van der Waals surface area (Å²) in [5.74, 6) is -0.463. The number of aromatic nitrogens is 3. The molecule has 0 amide bonds. The van der Waals surface area contributed by atoms with E-state index >= 15 is 0 Å². The van der Waals surface area contributed by atoms with Gasteiger partial charge in [0.1, 0.15) is 18.9 Å². The van der Waals surface area contributed by atoms with Crippen LogP contribution in [0, 0.1) is 11.3 Å². The maximum absolute atomic E-state index is 11.1. The van der Waals surface area contributed by atoms with Crippen molar-refractivity contribution in [1.29, 1.82) is 5.26 Å². The van der Waals surface area contributed by atoms with Gasteiger partial charge in [0.05, 0.1) is 0 Å². The summed E-state index contributed by atoms with van der Waals surface area (Å²) in [5.41, 5.74) is 5.23. The van der Waals surface area contributed by atoms with Gasteiger partial charge in [-0.3, -0.25) is 0 Å². The zero-order valence-corrected chi connectivity index (χ0v) is 7.54. The van der Waals surface area contributed by atoms with E-state index in [1.165, 1.54) is 17.9 Å². The topological polar surface area (TPSA) is 107 Å². The Morgan fingerprint density at radius 1 is 1.93 bits per heavy atom. The van der Waals surface area contributed by atoms with Gasteiger partial charge in [0.15, 0.2) is 6.10 Å². The molecule has 1 unspecified atom stereocenters. The summed E-state index contributed by atoms with van der Waals surface area (Å²) >= 11 is 0. The number of ether oxygens (including phenoxy) is 1. The van der Waals surface area contributed by atoms with E-state index in [-0.39, 0.29) is 12.5 Å².